The lowest BCUT2D eigenvalue weighted by Gasteiger charge is -2.24. The van der Waals surface area contributed by atoms with Gasteiger partial charge in [0.15, 0.2) is 0 Å². The molecule has 1 atom stereocenters. The van der Waals surface area contributed by atoms with Gasteiger partial charge in [0.2, 0.25) is 0 Å². The lowest BCUT2D eigenvalue weighted by Crippen LogP contribution is -2.21. The Balaban J connectivity index is 1.92. The van der Waals surface area contributed by atoms with E-state index in [4.69, 9.17) is 17.0 Å². The summed E-state index contributed by atoms with van der Waals surface area (Å²) in [6.45, 7) is 0.636. The molecule has 0 amide bonds. The van der Waals surface area contributed by atoms with E-state index in [2.05, 4.69) is 32.0 Å². The van der Waals surface area contributed by atoms with Gasteiger partial charge >= 0.3 is 0 Å². The molecule has 1 aromatic heterocycles. The second kappa shape index (κ2) is 4.82. The first-order valence-corrected chi connectivity index (χ1v) is 6.89. The summed E-state index contributed by atoms with van der Waals surface area (Å²) in [6.07, 6.45) is 2.67. The van der Waals surface area contributed by atoms with E-state index in [0.29, 0.717) is 11.2 Å². The van der Waals surface area contributed by atoms with E-state index in [9.17, 15) is 0 Å². The molecule has 0 aliphatic carbocycles. The number of nitrogens with zero attached hydrogens (tertiary/aromatic N) is 1. The zero-order valence-corrected chi connectivity index (χ0v) is 11.9. The Kier molecular flexibility index (Phi) is 3.18. The van der Waals surface area contributed by atoms with Crippen LogP contribution in [0.15, 0.2) is 34.9 Å². The third-order valence-electron chi connectivity index (χ3n) is 3.04. The summed E-state index contributed by atoms with van der Waals surface area (Å²) in [6, 6.07) is 8.12. The lowest BCUT2D eigenvalue weighted by molar-refractivity contribution is 0.257. The Hall–Kier alpha value is -1.20. The lowest BCUT2D eigenvalue weighted by atomic mass is 9.96. The Labute approximate surface area is 118 Å². The minimum atomic E-state index is 0.231. The molecule has 0 fully saturated rings. The van der Waals surface area contributed by atoms with E-state index in [1.807, 2.05) is 18.2 Å². The highest BCUT2D eigenvalue weighted by Gasteiger charge is 2.22. The van der Waals surface area contributed by atoms with Crippen LogP contribution in [0.3, 0.4) is 0 Å². The molecule has 0 spiro atoms. The number of ether oxygens (including phenoxy) is 1. The predicted octanol–water partition coefficient (Wildman–Crippen LogP) is 3.62. The quantitative estimate of drug-likeness (QED) is 0.815. The molecule has 3 nitrogen and oxygen atoms in total. The molecule has 3 rings (SSSR count). The van der Waals surface area contributed by atoms with E-state index in [1.54, 1.807) is 6.20 Å². The minimum absolute atomic E-state index is 0.231. The van der Waals surface area contributed by atoms with Crippen molar-refractivity contribution in [3.05, 3.63) is 51.0 Å². The third kappa shape index (κ3) is 2.20. The number of H-pyrrole nitrogens is 1. The Bertz CT molecular complexity index is 641. The highest BCUT2D eigenvalue weighted by molar-refractivity contribution is 9.10. The SMILES string of the molecule is S=c1[nH]c(C2COc3ccccc3C2)ncc1Br. The first kappa shape index (κ1) is 11.9. The van der Waals surface area contributed by atoms with E-state index >= 15 is 0 Å². The fourth-order valence-corrected chi connectivity index (χ4v) is 2.46. The van der Waals surface area contributed by atoms with Gasteiger partial charge in [0.25, 0.3) is 0 Å². The van der Waals surface area contributed by atoms with Gasteiger partial charge in [-0.25, -0.2) is 4.98 Å². The molecule has 1 aliphatic heterocycles. The molecule has 1 N–H and O–H groups in total. The van der Waals surface area contributed by atoms with Crippen molar-refractivity contribution in [2.24, 2.45) is 0 Å². The fourth-order valence-electron chi connectivity index (χ4n) is 2.10. The van der Waals surface area contributed by atoms with Gasteiger partial charge in [-0.05, 0) is 34.0 Å². The number of hydrogen-bond acceptors (Lipinski definition) is 3. The molecule has 0 saturated carbocycles. The summed E-state index contributed by atoms with van der Waals surface area (Å²) in [5.74, 6) is 2.09. The largest absolute Gasteiger partial charge is 0.493 e. The normalized spacial score (nSPS) is 17.9. The van der Waals surface area contributed by atoms with Crippen LogP contribution < -0.4 is 4.74 Å². The monoisotopic (exact) mass is 322 g/mol. The van der Waals surface area contributed by atoms with Gasteiger partial charge in [0, 0.05) is 6.20 Å². The number of hydrogen-bond donors (Lipinski definition) is 1. The molecular formula is C13H11BrN2OS. The van der Waals surface area contributed by atoms with Crippen LogP contribution in [0.1, 0.15) is 17.3 Å². The van der Waals surface area contributed by atoms with Gasteiger partial charge in [0.05, 0.1) is 17.0 Å². The predicted molar refractivity (Wildman–Crippen MR) is 75.5 cm³/mol. The first-order valence-electron chi connectivity index (χ1n) is 5.69. The van der Waals surface area contributed by atoms with Crippen LogP contribution in [-0.4, -0.2) is 16.6 Å². The number of nitrogens with one attached hydrogen (secondary N) is 1. The molecule has 0 saturated heterocycles. The molecule has 0 bridgehead atoms. The number of fused-ring (bicyclic) bond motifs is 1. The van der Waals surface area contributed by atoms with E-state index in [0.717, 1.165) is 22.5 Å². The molecular weight excluding hydrogens is 312 g/mol. The summed E-state index contributed by atoms with van der Waals surface area (Å²) < 4.78 is 7.25. The number of rotatable bonds is 1. The number of aromatic amines is 1. The van der Waals surface area contributed by atoms with E-state index in [-0.39, 0.29) is 5.92 Å². The van der Waals surface area contributed by atoms with Crippen molar-refractivity contribution in [3.63, 3.8) is 0 Å². The smallest absolute Gasteiger partial charge is 0.122 e. The van der Waals surface area contributed by atoms with E-state index < -0.39 is 0 Å². The molecule has 92 valence electrons. The van der Waals surface area contributed by atoms with Crippen LogP contribution in [0.5, 0.6) is 5.75 Å². The molecule has 2 heterocycles. The van der Waals surface area contributed by atoms with Crippen molar-refractivity contribution in [3.8, 4) is 5.75 Å². The zero-order chi connectivity index (χ0) is 12.5. The maximum Gasteiger partial charge on any atom is 0.122 e. The van der Waals surface area contributed by atoms with Gasteiger partial charge < -0.3 is 9.72 Å². The molecule has 5 heteroatoms. The highest BCUT2D eigenvalue weighted by atomic mass is 79.9. The zero-order valence-electron chi connectivity index (χ0n) is 9.52. The molecule has 1 aromatic carbocycles. The van der Waals surface area contributed by atoms with Crippen molar-refractivity contribution in [1.82, 2.24) is 9.97 Å². The van der Waals surface area contributed by atoms with Crippen LogP contribution in [0, 0.1) is 4.64 Å². The van der Waals surface area contributed by atoms with Crippen molar-refractivity contribution in [2.45, 2.75) is 12.3 Å². The van der Waals surface area contributed by atoms with Crippen molar-refractivity contribution >= 4 is 28.1 Å². The van der Waals surface area contributed by atoms with Crippen LogP contribution >= 0.6 is 28.1 Å². The van der Waals surface area contributed by atoms with Crippen molar-refractivity contribution in [1.29, 1.82) is 0 Å². The van der Waals surface area contributed by atoms with Gasteiger partial charge in [-0.2, -0.15) is 0 Å². The standard InChI is InChI=1S/C13H11BrN2OS/c14-10-6-15-12(16-13(10)18)9-5-8-3-1-2-4-11(8)17-7-9/h1-4,6,9H,5,7H2,(H,15,16,18). The Morgan fingerprint density at radius 2 is 2.22 bits per heavy atom. The molecule has 1 unspecified atom stereocenters. The summed E-state index contributed by atoms with van der Waals surface area (Å²) in [7, 11) is 0. The number of benzene rings is 1. The number of halogens is 1. The molecule has 1 aliphatic rings. The van der Waals surface area contributed by atoms with Gasteiger partial charge in [-0.15, -0.1) is 0 Å². The fraction of sp³-hybridized carbons (Fsp3) is 0.231. The maximum atomic E-state index is 5.75. The average Bonchev–Trinajstić information content (AvgIpc) is 2.41. The summed E-state index contributed by atoms with van der Waals surface area (Å²) in [5, 5.41) is 0. The van der Waals surface area contributed by atoms with Crippen LogP contribution in [-0.2, 0) is 6.42 Å². The number of aromatic nitrogens is 2. The Morgan fingerprint density at radius 3 is 3.06 bits per heavy atom. The van der Waals surface area contributed by atoms with Gasteiger partial charge in [-0.3, -0.25) is 0 Å². The van der Waals surface area contributed by atoms with Crippen molar-refractivity contribution < 1.29 is 4.74 Å². The third-order valence-corrected chi connectivity index (χ3v) is 4.23. The van der Waals surface area contributed by atoms with Gasteiger partial charge in [0.1, 0.15) is 16.2 Å². The van der Waals surface area contributed by atoms with Crippen LogP contribution in [0.4, 0.5) is 0 Å². The summed E-state index contributed by atoms with van der Waals surface area (Å²) in [4.78, 5) is 7.54. The second-order valence-electron chi connectivity index (χ2n) is 4.27. The first-order chi connectivity index (χ1) is 8.74. The number of para-hydroxylation sites is 1. The highest BCUT2D eigenvalue weighted by Crippen LogP contribution is 2.30. The molecule has 0 radical (unpaired) electrons. The van der Waals surface area contributed by atoms with E-state index in [1.165, 1.54) is 5.56 Å². The summed E-state index contributed by atoms with van der Waals surface area (Å²) >= 11 is 8.55. The second-order valence-corrected chi connectivity index (χ2v) is 5.53. The van der Waals surface area contributed by atoms with Gasteiger partial charge in [-0.1, -0.05) is 30.4 Å². The Morgan fingerprint density at radius 1 is 1.39 bits per heavy atom. The summed E-state index contributed by atoms with van der Waals surface area (Å²) in [5.41, 5.74) is 1.22. The van der Waals surface area contributed by atoms with Crippen LogP contribution in [0.25, 0.3) is 0 Å². The van der Waals surface area contributed by atoms with Crippen molar-refractivity contribution in [2.75, 3.05) is 6.61 Å². The minimum Gasteiger partial charge on any atom is -0.493 e. The average molecular weight is 323 g/mol. The molecule has 2 aromatic rings. The maximum absolute atomic E-state index is 5.75. The van der Waals surface area contributed by atoms with Crippen LogP contribution in [0.2, 0.25) is 0 Å². The molecule has 18 heavy (non-hydrogen) atoms. The topological polar surface area (TPSA) is 37.9 Å².